The molecule has 60 valence electrons. The number of likely N-dealkylation sites (N-methyl/N-ethyl adjacent to an activating group) is 1. The van der Waals surface area contributed by atoms with Crippen LogP contribution in [0.15, 0.2) is 0 Å². The highest BCUT2D eigenvalue weighted by atomic mass is 15.6. The van der Waals surface area contributed by atoms with Crippen LogP contribution in [-0.4, -0.2) is 38.2 Å². The Hall–Kier alpha value is -0.970. The second-order valence-electron chi connectivity index (χ2n) is 2.69. The van der Waals surface area contributed by atoms with Crippen molar-refractivity contribution in [2.75, 3.05) is 13.1 Å². The van der Waals surface area contributed by atoms with Gasteiger partial charge in [0.15, 0.2) is 5.82 Å². The Morgan fingerprint density at radius 3 is 3.18 bits per heavy atom. The van der Waals surface area contributed by atoms with Crippen LogP contribution in [0.25, 0.3) is 0 Å². The molecule has 0 aliphatic carbocycles. The van der Waals surface area contributed by atoms with E-state index in [9.17, 15) is 0 Å². The average molecular weight is 153 g/mol. The number of fused-ring (bicyclic) bond motifs is 1. The summed E-state index contributed by atoms with van der Waals surface area (Å²) < 4.78 is 1.87. The van der Waals surface area contributed by atoms with Crippen molar-refractivity contribution in [1.29, 1.82) is 0 Å². The van der Waals surface area contributed by atoms with Gasteiger partial charge in [0.05, 0.1) is 13.1 Å². The molecule has 5 heteroatoms. The van der Waals surface area contributed by atoms with E-state index >= 15 is 0 Å². The molecule has 5 nitrogen and oxygen atoms in total. The summed E-state index contributed by atoms with van der Waals surface area (Å²) in [6.45, 7) is 6.11. The number of hydrogen-bond acceptors (Lipinski definition) is 4. The van der Waals surface area contributed by atoms with Crippen LogP contribution in [-0.2, 0) is 13.1 Å². The second kappa shape index (κ2) is 2.58. The van der Waals surface area contributed by atoms with Gasteiger partial charge >= 0.3 is 0 Å². The highest BCUT2D eigenvalue weighted by Crippen LogP contribution is 2.05. The smallest absolute Gasteiger partial charge is 0.165 e. The number of nitrogens with zero attached hydrogens (tertiary/aromatic N) is 5. The molecule has 0 radical (unpaired) electrons. The van der Waals surface area contributed by atoms with Crippen molar-refractivity contribution in [3.05, 3.63) is 5.82 Å². The first-order valence-electron chi connectivity index (χ1n) is 3.87. The van der Waals surface area contributed by atoms with Gasteiger partial charge in [-0.1, -0.05) is 6.92 Å². The van der Waals surface area contributed by atoms with Crippen LogP contribution in [0, 0.1) is 0 Å². The molecule has 2 rings (SSSR count). The van der Waals surface area contributed by atoms with Crippen molar-refractivity contribution in [2.45, 2.75) is 20.0 Å². The second-order valence-corrected chi connectivity index (χ2v) is 2.69. The standard InChI is InChI=1S/C6H11N5/c1-2-10-3-4-11-6(5-10)7-8-9-11/h2-5H2,1H3. The third kappa shape index (κ3) is 1.11. The SMILES string of the molecule is CCN1CCn2nnnc2C1. The molecule has 1 aliphatic rings. The van der Waals surface area contributed by atoms with E-state index < -0.39 is 0 Å². The fourth-order valence-electron chi connectivity index (χ4n) is 1.30. The Bertz CT molecular complexity index is 243. The molecule has 0 bridgehead atoms. The van der Waals surface area contributed by atoms with Gasteiger partial charge in [0.1, 0.15) is 0 Å². The van der Waals surface area contributed by atoms with E-state index in [1.807, 2.05) is 4.68 Å². The van der Waals surface area contributed by atoms with Crippen molar-refractivity contribution in [3.63, 3.8) is 0 Å². The summed E-state index contributed by atoms with van der Waals surface area (Å²) in [4.78, 5) is 2.33. The van der Waals surface area contributed by atoms with Crippen molar-refractivity contribution in [3.8, 4) is 0 Å². The van der Waals surface area contributed by atoms with Gasteiger partial charge in [0.25, 0.3) is 0 Å². The number of tetrazole rings is 1. The van der Waals surface area contributed by atoms with Crippen molar-refractivity contribution < 1.29 is 0 Å². The maximum absolute atomic E-state index is 3.92. The van der Waals surface area contributed by atoms with Crippen LogP contribution < -0.4 is 0 Å². The first-order valence-corrected chi connectivity index (χ1v) is 3.87. The molecule has 0 saturated carbocycles. The number of hydrogen-bond donors (Lipinski definition) is 0. The molecule has 1 aromatic heterocycles. The van der Waals surface area contributed by atoms with E-state index in [1.54, 1.807) is 0 Å². The van der Waals surface area contributed by atoms with Gasteiger partial charge in [-0.3, -0.25) is 4.90 Å². The fraction of sp³-hybridized carbons (Fsp3) is 0.833. The summed E-state index contributed by atoms with van der Waals surface area (Å²) in [6, 6.07) is 0. The van der Waals surface area contributed by atoms with E-state index in [2.05, 4.69) is 27.3 Å². The zero-order valence-electron chi connectivity index (χ0n) is 6.56. The Kier molecular flexibility index (Phi) is 1.58. The van der Waals surface area contributed by atoms with E-state index in [-0.39, 0.29) is 0 Å². The maximum atomic E-state index is 3.92. The summed E-state index contributed by atoms with van der Waals surface area (Å²) in [6.07, 6.45) is 0. The Labute approximate surface area is 65.0 Å². The third-order valence-corrected chi connectivity index (χ3v) is 2.05. The van der Waals surface area contributed by atoms with Gasteiger partial charge in [-0.05, 0) is 17.0 Å². The highest BCUT2D eigenvalue weighted by molar-refractivity contribution is 4.84. The first kappa shape index (κ1) is 6.72. The maximum Gasteiger partial charge on any atom is 0.165 e. The van der Waals surface area contributed by atoms with Crippen LogP contribution in [0.1, 0.15) is 12.7 Å². The summed E-state index contributed by atoms with van der Waals surface area (Å²) in [7, 11) is 0. The van der Waals surface area contributed by atoms with Gasteiger partial charge in [-0.15, -0.1) is 5.10 Å². The molecule has 1 aliphatic heterocycles. The number of aromatic nitrogens is 4. The van der Waals surface area contributed by atoms with Gasteiger partial charge in [0, 0.05) is 6.54 Å². The van der Waals surface area contributed by atoms with E-state index in [1.165, 1.54) is 0 Å². The minimum atomic E-state index is 0.892. The quantitative estimate of drug-likeness (QED) is 0.546. The predicted octanol–water partition coefficient (Wildman–Crippen LogP) is -0.491. The molecule has 1 aromatic rings. The lowest BCUT2D eigenvalue weighted by molar-refractivity contribution is 0.220. The Morgan fingerprint density at radius 2 is 2.36 bits per heavy atom. The monoisotopic (exact) mass is 153 g/mol. The molecule has 0 aromatic carbocycles. The summed E-state index contributed by atoms with van der Waals surface area (Å²) in [5.74, 6) is 0.984. The van der Waals surface area contributed by atoms with Crippen LogP contribution in [0.2, 0.25) is 0 Å². The molecule has 0 N–H and O–H groups in total. The minimum absolute atomic E-state index is 0.892. The van der Waals surface area contributed by atoms with Gasteiger partial charge in [-0.2, -0.15) is 0 Å². The molecule has 11 heavy (non-hydrogen) atoms. The summed E-state index contributed by atoms with van der Waals surface area (Å²) >= 11 is 0. The molecule has 0 saturated heterocycles. The fourth-order valence-corrected chi connectivity index (χ4v) is 1.30. The molecule has 0 atom stereocenters. The third-order valence-electron chi connectivity index (χ3n) is 2.05. The lowest BCUT2D eigenvalue weighted by Gasteiger charge is -2.23. The van der Waals surface area contributed by atoms with Crippen molar-refractivity contribution in [2.24, 2.45) is 0 Å². The van der Waals surface area contributed by atoms with Gasteiger partial charge < -0.3 is 0 Å². The number of rotatable bonds is 1. The average Bonchev–Trinajstić information content (AvgIpc) is 2.50. The molecule has 0 fully saturated rings. The highest BCUT2D eigenvalue weighted by Gasteiger charge is 2.16. The van der Waals surface area contributed by atoms with Gasteiger partial charge in [0.2, 0.25) is 0 Å². The van der Waals surface area contributed by atoms with E-state index in [0.29, 0.717) is 0 Å². The van der Waals surface area contributed by atoms with Crippen LogP contribution in [0.3, 0.4) is 0 Å². The molecular formula is C6H11N5. The summed E-state index contributed by atoms with van der Waals surface area (Å²) in [5, 5.41) is 11.4. The Morgan fingerprint density at radius 1 is 1.45 bits per heavy atom. The Balaban J connectivity index is 2.18. The molecular weight excluding hydrogens is 142 g/mol. The molecule has 0 unspecified atom stereocenters. The van der Waals surface area contributed by atoms with Crippen LogP contribution >= 0.6 is 0 Å². The van der Waals surface area contributed by atoms with Gasteiger partial charge in [-0.25, -0.2) is 4.68 Å². The lowest BCUT2D eigenvalue weighted by atomic mass is 10.4. The normalized spacial score (nSPS) is 18.3. The van der Waals surface area contributed by atoms with E-state index in [0.717, 1.165) is 32.0 Å². The lowest BCUT2D eigenvalue weighted by Crippen LogP contribution is -2.33. The van der Waals surface area contributed by atoms with Crippen LogP contribution in [0.5, 0.6) is 0 Å². The zero-order chi connectivity index (χ0) is 7.68. The predicted molar refractivity (Wildman–Crippen MR) is 38.8 cm³/mol. The topological polar surface area (TPSA) is 46.8 Å². The molecule has 2 heterocycles. The zero-order valence-corrected chi connectivity index (χ0v) is 6.56. The molecule has 0 amide bonds. The van der Waals surface area contributed by atoms with Crippen LogP contribution in [0.4, 0.5) is 0 Å². The van der Waals surface area contributed by atoms with Crippen molar-refractivity contribution in [1.82, 2.24) is 25.1 Å². The summed E-state index contributed by atoms with van der Waals surface area (Å²) in [5.41, 5.74) is 0. The largest absolute Gasteiger partial charge is 0.294 e. The first-order chi connectivity index (χ1) is 5.40. The van der Waals surface area contributed by atoms with Crippen molar-refractivity contribution >= 4 is 0 Å². The minimum Gasteiger partial charge on any atom is -0.294 e. The van der Waals surface area contributed by atoms with E-state index in [4.69, 9.17) is 0 Å². The molecule has 0 spiro atoms.